The van der Waals surface area contributed by atoms with Crippen molar-refractivity contribution < 1.29 is 9.13 Å². The molecule has 7 heteroatoms. The van der Waals surface area contributed by atoms with Crippen molar-refractivity contribution in [2.45, 2.75) is 6.42 Å². The van der Waals surface area contributed by atoms with Crippen molar-refractivity contribution in [3.63, 3.8) is 0 Å². The molecular formula is C21H18FN5O. The quantitative estimate of drug-likeness (QED) is 0.551. The molecule has 140 valence electrons. The van der Waals surface area contributed by atoms with Gasteiger partial charge in [-0.1, -0.05) is 30.3 Å². The molecule has 0 aliphatic heterocycles. The van der Waals surface area contributed by atoms with Crippen LogP contribution in [0.1, 0.15) is 5.56 Å². The first-order chi connectivity index (χ1) is 13.7. The van der Waals surface area contributed by atoms with E-state index >= 15 is 0 Å². The maximum Gasteiger partial charge on any atom is 0.321 e. The van der Waals surface area contributed by atoms with E-state index in [1.165, 1.54) is 19.2 Å². The van der Waals surface area contributed by atoms with Gasteiger partial charge in [0.1, 0.15) is 5.82 Å². The van der Waals surface area contributed by atoms with Crippen LogP contribution in [0.4, 0.5) is 10.3 Å². The molecule has 2 aromatic carbocycles. The average molecular weight is 375 g/mol. The van der Waals surface area contributed by atoms with Gasteiger partial charge in [0.25, 0.3) is 0 Å². The summed E-state index contributed by atoms with van der Waals surface area (Å²) >= 11 is 0. The molecule has 2 heterocycles. The highest BCUT2D eigenvalue weighted by atomic mass is 19.1. The van der Waals surface area contributed by atoms with Crippen molar-refractivity contribution in [2.75, 3.05) is 19.0 Å². The zero-order chi connectivity index (χ0) is 19.3. The summed E-state index contributed by atoms with van der Waals surface area (Å²) in [5, 5.41) is 4.19. The van der Waals surface area contributed by atoms with Crippen molar-refractivity contribution in [2.24, 2.45) is 0 Å². The Morgan fingerprint density at radius 2 is 1.79 bits per heavy atom. The number of hydrogen-bond donors (Lipinski definition) is 1. The first-order valence-corrected chi connectivity index (χ1v) is 8.85. The van der Waals surface area contributed by atoms with Gasteiger partial charge in [-0.05, 0) is 36.2 Å². The minimum atomic E-state index is -0.243. The molecule has 1 N–H and O–H groups in total. The molecule has 0 saturated heterocycles. The van der Waals surface area contributed by atoms with Gasteiger partial charge in [-0.25, -0.2) is 4.39 Å². The lowest BCUT2D eigenvalue weighted by molar-refractivity contribution is 0.379. The number of ether oxygens (including phenoxy) is 1. The third kappa shape index (κ3) is 3.88. The Balaban J connectivity index is 1.60. The van der Waals surface area contributed by atoms with E-state index in [4.69, 9.17) is 4.74 Å². The maximum absolute atomic E-state index is 13.0. The highest BCUT2D eigenvalue weighted by Gasteiger charge is 2.12. The van der Waals surface area contributed by atoms with Gasteiger partial charge in [0.2, 0.25) is 5.95 Å². The number of fused-ring (bicyclic) bond motifs is 1. The Hall–Kier alpha value is -3.61. The van der Waals surface area contributed by atoms with E-state index in [1.54, 1.807) is 18.3 Å². The molecule has 0 saturated carbocycles. The number of nitrogens with zero attached hydrogens (tertiary/aromatic N) is 4. The second-order valence-electron chi connectivity index (χ2n) is 6.15. The van der Waals surface area contributed by atoms with E-state index in [0.29, 0.717) is 24.7 Å². The number of methoxy groups -OCH3 is 1. The highest BCUT2D eigenvalue weighted by molar-refractivity contribution is 5.91. The summed E-state index contributed by atoms with van der Waals surface area (Å²) < 4.78 is 18.3. The van der Waals surface area contributed by atoms with Crippen molar-refractivity contribution >= 4 is 16.9 Å². The number of hydrogen-bond acceptors (Lipinski definition) is 6. The van der Waals surface area contributed by atoms with Gasteiger partial charge >= 0.3 is 6.01 Å². The Morgan fingerprint density at radius 1 is 0.964 bits per heavy atom. The fourth-order valence-electron chi connectivity index (χ4n) is 2.90. The number of aromatic nitrogens is 4. The van der Waals surface area contributed by atoms with Crippen LogP contribution >= 0.6 is 0 Å². The lowest BCUT2D eigenvalue weighted by atomic mass is 10.1. The molecule has 6 nitrogen and oxygen atoms in total. The third-order valence-electron chi connectivity index (χ3n) is 4.28. The van der Waals surface area contributed by atoms with E-state index in [0.717, 1.165) is 22.0 Å². The highest BCUT2D eigenvalue weighted by Crippen LogP contribution is 2.25. The lowest BCUT2D eigenvalue weighted by Crippen LogP contribution is -2.10. The first kappa shape index (κ1) is 17.8. The molecule has 0 radical (unpaired) electrons. The van der Waals surface area contributed by atoms with Crippen LogP contribution in [0.2, 0.25) is 0 Å². The molecule has 0 spiro atoms. The Morgan fingerprint density at radius 3 is 2.61 bits per heavy atom. The topological polar surface area (TPSA) is 72.8 Å². The van der Waals surface area contributed by atoms with Crippen LogP contribution in [0.15, 0.2) is 60.8 Å². The summed E-state index contributed by atoms with van der Waals surface area (Å²) in [5.74, 6) is 0.657. The smallest absolute Gasteiger partial charge is 0.321 e. The average Bonchev–Trinajstić information content (AvgIpc) is 2.74. The summed E-state index contributed by atoms with van der Waals surface area (Å²) in [7, 11) is 1.52. The second-order valence-corrected chi connectivity index (χ2v) is 6.15. The molecule has 4 aromatic rings. The van der Waals surface area contributed by atoms with Gasteiger partial charge in [-0.3, -0.25) is 4.98 Å². The fraction of sp³-hybridized carbons (Fsp3) is 0.143. The van der Waals surface area contributed by atoms with Gasteiger partial charge in [0, 0.05) is 23.7 Å². The predicted octanol–water partition coefficient (Wildman–Crippen LogP) is 3.89. The van der Waals surface area contributed by atoms with Crippen LogP contribution in [-0.4, -0.2) is 33.6 Å². The van der Waals surface area contributed by atoms with Crippen LogP contribution in [0.3, 0.4) is 0 Å². The molecule has 4 rings (SSSR count). The Bertz CT molecular complexity index is 1100. The van der Waals surface area contributed by atoms with Gasteiger partial charge in [-0.15, -0.1) is 0 Å². The summed E-state index contributed by atoms with van der Waals surface area (Å²) in [6.07, 6.45) is 2.45. The molecule has 0 atom stereocenters. The van der Waals surface area contributed by atoms with E-state index in [1.807, 2.05) is 30.3 Å². The largest absolute Gasteiger partial charge is 0.467 e. The van der Waals surface area contributed by atoms with Crippen LogP contribution in [0, 0.1) is 5.82 Å². The zero-order valence-corrected chi connectivity index (χ0v) is 15.3. The van der Waals surface area contributed by atoms with Crippen molar-refractivity contribution in [1.82, 2.24) is 19.9 Å². The number of benzene rings is 2. The minimum absolute atomic E-state index is 0.224. The molecule has 0 unspecified atom stereocenters. The molecule has 28 heavy (non-hydrogen) atoms. The summed E-state index contributed by atoms with van der Waals surface area (Å²) in [6, 6.07) is 16.4. The van der Waals surface area contributed by atoms with E-state index in [2.05, 4.69) is 25.3 Å². The number of nitrogens with one attached hydrogen (secondary N) is 1. The normalized spacial score (nSPS) is 10.8. The second kappa shape index (κ2) is 7.96. The predicted molar refractivity (Wildman–Crippen MR) is 106 cm³/mol. The van der Waals surface area contributed by atoms with Crippen molar-refractivity contribution in [1.29, 1.82) is 0 Å². The Labute approximate surface area is 161 Å². The minimum Gasteiger partial charge on any atom is -0.467 e. The van der Waals surface area contributed by atoms with E-state index < -0.39 is 0 Å². The molecule has 0 aliphatic rings. The maximum atomic E-state index is 13.0. The van der Waals surface area contributed by atoms with Gasteiger partial charge in [-0.2, -0.15) is 15.0 Å². The number of para-hydroxylation sites is 1. The molecule has 0 bridgehead atoms. The van der Waals surface area contributed by atoms with Crippen LogP contribution in [0.5, 0.6) is 6.01 Å². The lowest BCUT2D eigenvalue weighted by Gasteiger charge is -2.09. The molecule has 0 amide bonds. The number of pyridine rings is 1. The van der Waals surface area contributed by atoms with Crippen LogP contribution in [-0.2, 0) is 6.42 Å². The summed E-state index contributed by atoms with van der Waals surface area (Å²) in [6.45, 7) is 0.589. The summed E-state index contributed by atoms with van der Waals surface area (Å²) in [4.78, 5) is 17.6. The standard InChI is InChI=1S/C21H18FN5O/c1-28-21-26-19(17-6-2-4-15-5-3-12-23-18(15)17)25-20(27-21)24-13-11-14-7-9-16(22)10-8-14/h2-10,12H,11,13H2,1H3,(H,24,25,26,27). The Kier molecular flexibility index (Phi) is 5.05. The first-order valence-electron chi connectivity index (χ1n) is 8.85. The number of rotatable bonds is 6. The van der Waals surface area contributed by atoms with Gasteiger partial charge in [0.05, 0.1) is 12.6 Å². The van der Waals surface area contributed by atoms with E-state index in [-0.39, 0.29) is 11.8 Å². The molecule has 2 aromatic heterocycles. The van der Waals surface area contributed by atoms with Gasteiger partial charge < -0.3 is 10.1 Å². The molecule has 0 aliphatic carbocycles. The summed E-state index contributed by atoms with van der Waals surface area (Å²) in [5.41, 5.74) is 2.64. The van der Waals surface area contributed by atoms with Crippen molar-refractivity contribution in [3.8, 4) is 17.4 Å². The van der Waals surface area contributed by atoms with E-state index in [9.17, 15) is 4.39 Å². The fourth-order valence-corrected chi connectivity index (χ4v) is 2.90. The number of halogens is 1. The molecular weight excluding hydrogens is 357 g/mol. The SMILES string of the molecule is COc1nc(NCCc2ccc(F)cc2)nc(-c2cccc3cccnc23)n1. The zero-order valence-electron chi connectivity index (χ0n) is 15.3. The van der Waals surface area contributed by atoms with Gasteiger partial charge in [0.15, 0.2) is 5.82 Å². The number of anilines is 1. The molecule has 0 fully saturated rings. The van der Waals surface area contributed by atoms with Crippen LogP contribution in [0.25, 0.3) is 22.3 Å². The van der Waals surface area contributed by atoms with Crippen LogP contribution < -0.4 is 10.1 Å². The monoisotopic (exact) mass is 375 g/mol. The van der Waals surface area contributed by atoms with Crippen molar-refractivity contribution in [3.05, 3.63) is 72.2 Å². The third-order valence-corrected chi connectivity index (χ3v) is 4.28.